The summed E-state index contributed by atoms with van der Waals surface area (Å²) in [4.78, 5) is 28.1. The van der Waals surface area contributed by atoms with Crippen LogP contribution in [0.3, 0.4) is 0 Å². The van der Waals surface area contributed by atoms with Crippen molar-refractivity contribution in [3.8, 4) is 0 Å². The van der Waals surface area contributed by atoms with Crippen molar-refractivity contribution in [1.29, 1.82) is 0 Å². The highest BCUT2D eigenvalue weighted by atomic mass is 35.5. The Hall–Kier alpha value is -2.57. The van der Waals surface area contributed by atoms with Crippen molar-refractivity contribution < 1.29 is 9.59 Å². The first-order valence-electron chi connectivity index (χ1n) is 11.4. The molecule has 1 atom stereocenters. The fourth-order valence-electron chi connectivity index (χ4n) is 4.56. The molecule has 7 heteroatoms. The van der Waals surface area contributed by atoms with E-state index in [2.05, 4.69) is 39.8 Å². The molecule has 2 amide bonds. The van der Waals surface area contributed by atoms with Gasteiger partial charge < -0.3 is 20.4 Å². The smallest absolute Gasteiger partial charge is 0.321 e. The van der Waals surface area contributed by atoms with Crippen LogP contribution in [0.25, 0.3) is 0 Å². The maximum atomic E-state index is 12.7. The number of hydrogen-bond donors (Lipinski definition) is 2. The van der Waals surface area contributed by atoms with Crippen LogP contribution in [0, 0.1) is 0 Å². The molecule has 2 aliphatic heterocycles. The summed E-state index contributed by atoms with van der Waals surface area (Å²) in [6.07, 6.45) is 2.95. The number of anilines is 2. The summed E-state index contributed by atoms with van der Waals surface area (Å²) in [5.74, 6) is 0.641. The zero-order valence-electron chi connectivity index (χ0n) is 18.5. The fourth-order valence-corrected chi connectivity index (χ4v) is 4.68. The van der Waals surface area contributed by atoms with Crippen molar-refractivity contribution in [3.05, 3.63) is 59.1 Å². The average Bonchev–Trinajstić information content (AvgIpc) is 3.28. The van der Waals surface area contributed by atoms with E-state index in [9.17, 15) is 9.59 Å². The Labute approximate surface area is 194 Å². The highest BCUT2D eigenvalue weighted by molar-refractivity contribution is 6.30. The Balaban J connectivity index is 1.24. The number of hydrogen-bond acceptors (Lipinski definition) is 4. The fraction of sp³-hybridized carbons (Fsp3) is 0.440. The van der Waals surface area contributed by atoms with Crippen LogP contribution < -0.4 is 15.5 Å². The second kappa shape index (κ2) is 10.4. The molecular weight excluding hydrogens is 424 g/mol. The summed E-state index contributed by atoms with van der Waals surface area (Å²) >= 11 is 5.99. The maximum Gasteiger partial charge on any atom is 0.321 e. The van der Waals surface area contributed by atoms with Gasteiger partial charge in [-0.2, -0.15) is 0 Å². The van der Waals surface area contributed by atoms with Gasteiger partial charge in [0, 0.05) is 48.6 Å². The van der Waals surface area contributed by atoms with Crippen LogP contribution in [0.4, 0.5) is 16.2 Å². The van der Waals surface area contributed by atoms with Gasteiger partial charge in [-0.3, -0.25) is 4.79 Å². The topological polar surface area (TPSA) is 64.7 Å². The predicted molar refractivity (Wildman–Crippen MR) is 130 cm³/mol. The minimum Gasteiger partial charge on any atom is -0.370 e. The minimum absolute atomic E-state index is 0.0398. The Kier molecular flexibility index (Phi) is 7.33. The van der Waals surface area contributed by atoms with E-state index >= 15 is 0 Å². The number of Topliss-reactive ketones (excluding diaryl/α,β-unsaturated/α-hetero) is 1. The molecule has 0 saturated carbocycles. The lowest BCUT2D eigenvalue weighted by Crippen LogP contribution is -2.40. The molecule has 0 radical (unpaired) electrons. The Morgan fingerprint density at radius 3 is 2.31 bits per heavy atom. The molecule has 2 heterocycles. The molecule has 0 spiro atoms. The number of urea groups is 1. The second-order valence-electron chi connectivity index (χ2n) is 8.80. The van der Waals surface area contributed by atoms with Crippen LogP contribution in [0.1, 0.15) is 37.7 Å². The Morgan fingerprint density at radius 2 is 1.66 bits per heavy atom. The number of nitrogens with one attached hydrogen (secondary N) is 2. The number of ketones is 1. The van der Waals surface area contributed by atoms with Crippen LogP contribution in [0.15, 0.2) is 48.5 Å². The molecule has 2 N–H and O–H groups in total. The van der Waals surface area contributed by atoms with Gasteiger partial charge >= 0.3 is 6.03 Å². The van der Waals surface area contributed by atoms with Crippen molar-refractivity contribution in [2.75, 3.05) is 42.9 Å². The van der Waals surface area contributed by atoms with E-state index in [0.717, 1.165) is 61.8 Å². The van der Waals surface area contributed by atoms with Gasteiger partial charge in [0.15, 0.2) is 0 Å². The van der Waals surface area contributed by atoms with Gasteiger partial charge in [-0.05, 0) is 74.1 Å². The maximum absolute atomic E-state index is 12.7. The molecule has 170 valence electrons. The van der Waals surface area contributed by atoms with Crippen LogP contribution in [0.5, 0.6) is 0 Å². The number of carbonyl (C=O) groups excluding carboxylic acids is 2. The summed E-state index contributed by atoms with van der Waals surface area (Å²) in [5.41, 5.74) is 3.24. The minimum atomic E-state index is -0.0398. The number of amides is 2. The molecule has 0 bridgehead atoms. The van der Waals surface area contributed by atoms with E-state index in [-0.39, 0.29) is 11.8 Å². The Morgan fingerprint density at radius 1 is 0.969 bits per heavy atom. The molecule has 2 fully saturated rings. The molecule has 32 heavy (non-hydrogen) atoms. The molecule has 2 aromatic rings. The van der Waals surface area contributed by atoms with Crippen LogP contribution >= 0.6 is 11.6 Å². The largest absolute Gasteiger partial charge is 0.370 e. The molecule has 6 nitrogen and oxygen atoms in total. The number of nitrogens with zero attached hydrogens (tertiary/aromatic N) is 2. The zero-order chi connectivity index (χ0) is 22.5. The highest BCUT2D eigenvalue weighted by Gasteiger charge is 2.25. The predicted octanol–water partition coefficient (Wildman–Crippen LogP) is 4.51. The van der Waals surface area contributed by atoms with Crippen LogP contribution in [0.2, 0.25) is 5.02 Å². The number of likely N-dealkylation sites (tertiary alicyclic amines) is 1. The normalized spacial score (nSPS) is 19.2. The molecule has 2 aromatic carbocycles. The lowest BCUT2D eigenvalue weighted by Gasteiger charge is -2.32. The first kappa shape index (κ1) is 22.6. The Bertz CT molecular complexity index is 924. The second-order valence-corrected chi connectivity index (χ2v) is 9.24. The van der Waals surface area contributed by atoms with Crippen molar-refractivity contribution in [2.45, 2.75) is 38.1 Å². The molecule has 0 aromatic heterocycles. The number of carbonyl (C=O) groups is 2. The van der Waals surface area contributed by atoms with E-state index in [1.807, 2.05) is 29.2 Å². The van der Waals surface area contributed by atoms with E-state index in [0.29, 0.717) is 18.5 Å². The number of halogens is 1. The van der Waals surface area contributed by atoms with Gasteiger partial charge in [0.25, 0.3) is 0 Å². The van der Waals surface area contributed by atoms with Gasteiger partial charge in [-0.1, -0.05) is 23.7 Å². The summed E-state index contributed by atoms with van der Waals surface area (Å²) in [6.45, 7) is 5.39. The highest BCUT2D eigenvalue weighted by Crippen LogP contribution is 2.29. The lowest BCUT2D eigenvalue weighted by molar-refractivity contribution is -0.116. The van der Waals surface area contributed by atoms with E-state index in [1.165, 1.54) is 5.56 Å². The van der Waals surface area contributed by atoms with E-state index < -0.39 is 0 Å². The SMILES string of the molecule is CC(=O)CN[C@H]1CCN(c2ccc(NC(=O)N3CCC(c4ccc(Cl)cc4)CC3)cc2)C1. The molecule has 0 unspecified atom stereocenters. The average molecular weight is 455 g/mol. The van der Waals surface area contributed by atoms with Gasteiger partial charge in [0.05, 0.1) is 6.54 Å². The van der Waals surface area contributed by atoms with E-state index in [4.69, 9.17) is 11.6 Å². The number of benzene rings is 2. The van der Waals surface area contributed by atoms with Gasteiger partial charge in [-0.25, -0.2) is 4.79 Å². The summed E-state index contributed by atoms with van der Waals surface area (Å²) in [5, 5.41) is 7.10. The van der Waals surface area contributed by atoms with Gasteiger partial charge in [-0.15, -0.1) is 0 Å². The monoisotopic (exact) mass is 454 g/mol. The molecule has 2 saturated heterocycles. The molecular formula is C25H31ClN4O2. The summed E-state index contributed by atoms with van der Waals surface area (Å²) in [6, 6.07) is 16.4. The van der Waals surface area contributed by atoms with Crippen molar-refractivity contribution in [2.24, 2.45) is 0 Å². The van der Waals surface area contributed by atoms with Gasteiger partial charge in [0.2, 0.25) is 0 Å². The third kappa shape index (κ3) is 5.81. The standard InChI is InChI=1S/C25H31ClN4O2/c1-18(31)16-27-23-12-15-30(17-23)24-8-6-22(7-9-24)28-25(32)29-13-10-20(11-14-29)19-2-4-21(26)5-3-19/h2-9,20,23,27H,10-17H2,1H3,(H,28,32)/t23-/m0/s1. The van der Waals surface area contributed by atoms with Crippen molar-refractivity contribution in [1.82, 2.24) is 10.2 Å². The third-order valence-corrected chi connectivity index (χ3v) is 6.69. The van der Waals surface area contributed by atoms with Crippen molar-refractivity contribution >= 4 is 34.8 Å². The summed E-state index contributed by atoms with van der Waals surface area (Å²) < 4.78 is 0. The molecule has 0 aliphatic carbocycles. The lowest BCUT2D eigenvalue weighted by atomic mass is 9.89. The van der Waals surface area contributed by atoms with Crippen molar-refractivity contribution in [3.63, 3.8) is 0 Å². The van der Waals surface area contributed by atoms with Crippen LogP contribution in [-0.2, 0) is 4.79 Å². The van der Waals surface area contributed by atoms with Crippen LogP contribution in [-0.4, -0.2) is 55.5 Å². The quantitative estimate of drug-likeness (QED) is 0.674. The van der Waals surface area contributed by atoms with Gasteiger partial charge in [0.1, 0.15) is 5.78 Å². The molecule has 4 rings (SSSR count). The number of piperidine rings is 1. The number of rotatable bonds is 6. The molecule has 2 aliphatic rings. The first-order valence-corrected chi connectivity index (χ1v) is 11.7. The first-order chi connectivity index (χ1) is 15.5. The third-order valence-electron chi connectivity index (χ3n) is 6.44. The zero-order valence-corrected chi connectivity index (χ0v) is 19.3. The van der Waals surface area contributed by atoms with E-state index in [1.54, 1.807) is 6.92 Å². The summed E-state index contributed by atoms with van der Waals surface area (Å²) in [7, 11) is 0.